The summed E-state index contributed by atoms with van der Waals surface area (Å²) < 4.78 is 54.0. The van der Waals surface area contributed by atoms with Crippen molar-refractivity contribution in [3.8, 4) is 0 Å². The van der Waals surface area contributed by atoms with Crippen molar-refractivity contribution >= 4 is 23.2 Å². The van der Waals surface area contributed by atoms with Gasteiger partial charge in [0.25, 0.3) is 6.43 Å². The summed E-state index contributed by atoms with van der Waals surface area (Å²) in [4.78, 5) is 0. The van der Waals surface area contributed by atoms with Crippen LogP contribution in [0.5, 0.6) is 0 Å². The third kappa shape index (κ3) is 4.63. The summed E-state index contributed by atoms with van der Waals surface area (Å²) in [6.07, 6.45) is -2.38. The molecule has 0 saturated carbocycles. The molecule has 0 fully saturated rings. The van der Waals surface area contributed by atoms with Crippen molar-refractivity contribution in [1.29, 1.82) is 0 Å². The first-order valence-electron chi connectivity index (χ1n) is 5.06. The second-order valence-electron chi connectivity index (χ2n) is 3.51. The Balaban J connectivity index is 2.56. The molecular weight excluding hydrogens is 295 g/mol. The van der Waals surface area contributed by atoms with E-state index in [1.165, 1.54) is 0 Å². The maximum absolute atomic E-state index is 13.0. The predicted molar refractivity (Wildman–Crippen MR) is 61.4 cm³/mol. The minimum absolute atomic E-state index is 0.0113. The van der Waals surface area contributed by atoms with Crippen LogP contribution in [-0.2, 0) is 4.74 Å². The van der Waals surface area contributed by atoms with E-state index in [4.69, 9.17) is 23.2 Å². The molecule has 1 unspecified atom stereocenters. The standard InChI is InChI=1S/C11H10Cl2F4O/c12-7(1-2-18-5-11(16)17)6-3-9(14)10(15)4-8(6)13/h3-4,7,11H,1-2,5H2. The smallest absolute Gasteiger partial charge is 0.261 e. The average molecular weight is 305 g/mol. The summed E-state index contributed by atoms with van der Waals surface area (Å²) in [6, 6.07) is 1.71. The van der Waals surface area contributed by atoms with Gasteiger partial charge < -0.3 is 4.74 Å². The molecule has 102 valence electrons. The summed E-state index contributed by atoms with van der Waals surface area (Å²) >= 11 is 11.6. The molecule has 1 atom stereocenters. The molecule has 0 aliphatic rings. The molecule has 7 heteroatoms. The Hall–Kier alpha value is -0.520. The fraction of sp³-hybridized carbons (Fsp3) is 0.455. The molecule has 0 amide bonds. The zero-order chi connectivity index (χ0) is 13.7. The van der Waals surface area contributed by atoms with E-state index in [2.05, 4.69) is 4.74 Å². The quantitative estimate of drug-likeness (QED) is 0.324. The number of rotatable bonds is 6. The molecule has 0 aliphatic carbocycles. The average Bonchev–Trinajstić information content (AvgIpc) is 2.28. The first kappa shape index (κ1) is 15.5. The summed E-state index contributed by atoms with van der Waals surface area (Å²) in [5.41, 5.74) is 0.206. The first-order chi connectivity index (χ1) is 8.41. The summed E-state index contributed by atoms with van der Waals surface area (Å²) in [5.74, 6) is -2.13. The summed E-state index contributed by atoms with van der Waals surface area (Å²) in [6.45, 7) is -0.705. The van der Waals surface area contributed by atoms with Gasteiger partial charge in [-0.15, -0.1) is 11.6 Å². The van der Waals surface area contributed by atoms with Crippen LogP contribution in [0.4, 0.5) is 17.6 Å². The lowest BCUT2D eigenvalue weighted by Gasteiger charge is -2.12. The van der Waals surface area contributed by atoms with Gasteiger partial charge in [-0.2, -0.15) is 0 Å². The zero-order valence-electron chi connectivity index (χ0n) is 9.11. The minimum Gasteiger partial charge on any atom is -0.375 e. The van der Waals surface area contributed by atoms with Crippen molar-refractivity contribution in [3.63, 3.8) is 0 Å². The Labute approximate surface area is 112 Å². The van der Waals surface area contributed by atoms with Crippen LogP contribution < -0.4 is 0 Å². The molecule has 18 heavy (non-hydrogen) atoms. The maximum Gasteiger partial charge on any atom is 0.261 e. The number of ether oxygens (including phenoxy) is 1. The topological polar surface area (TPSA) is 9.23 Å². The van der Waals surface area contributed by atoms with Gasteiger partial charge in [0, 0.05) is 11.6 Å². The van der Waals surface area contributed by atoms with Crippen LogP contribution in [0.1, 0.15) is 17.4 Å². The molecule has 0 heterocycles. The Kier molecular flexibility index (Phi) is 6.18. The second-order valence-corrected chi connectivity index (χ2v) is 4.44. The molecule has 0 N–H and O–H groups in total. The van der Waals surface area contributed by atoms with Crippen molar-refractivity contribution in [2.24, 2.45) is 0 Å². The fourth-order valence-electron chi connectivity index (χ4n) is 1.29. The van der Waals surface area contributed by atoms with Crippen LogP contribution in [0.15, 0.2) is 12.1 Å². The second kappa shape index (κ2) is 7.16. The van der Waals surface area contributed by atoms with Crippen molar-refractivity contribution in [3.05, 3.63) is 34.4 Å². The third-order valence-electron chi connectivity index (χ3n) is 2.14. The van der Waals surface area contributed by atoms with Crippen LogP contribution in [-0.4, -0.2) is 19.6 Å². The van der Waals surface area contributed by atoms with Gasteiger partial charge in [0.05, 0.1) is 5.38 Å². The number of alkyl halides is 3. The van der Waals surface area contributed by atoms with E-state index in [1.54, 1.807) is 0 Å². The fourth-order valence-corrected chi connectivity index (χ4v) is 1.90. The van der Waals surface area contributed by atoms with Gasteiger partial charge in [0.2, 0.25) is 0 Å². The monoisotopic (exact) mass is 304 g/mol. The Morgan fingerprint density at radius 1 is 1.17 bits per heavy atom. The van der Waals surface area contributed by atoms with E-state index in [-0.39, 0.29) is 23.6 Å². The van der Waals surface area contributed by atoms with Gasteiger partial charge in [-0.1, -0.05) is 11.6 Å². The van der Waals surface area contributed by atoms with E-state index in [0.29, 0.717) is 0 Å². The maximum atomic E-state index is 13.0. The van der Waals surface area contributed by atoms with Crippen LogP contribution in [0.25, 0.3) is 0 Å². The highest BCUT2D eigenvalue weighted by Gasteiger charge is 2.16. The normalized spacial score (nSPS) is 13.1. The highest BCUT2D eigenvalue weighted by Crippen LogP contribution is 2.32. The van der Waals surface area contributed by atoms with Crippen LogP contribution in [0, 0.1) is 11.6 Å². The molecule has 0 radical (unpaired) electrons. The van der Waals surface area contributed by atoms with Crippen LogP contribution >= 0.6 is 23.2 Å². The Morgan fingerprint density at radius 3 is 2.39 bits per heavy atom. The molecule has 0 bridgehead atoms. The van der Waals surface area contributed by atoms with E-state index in [0.717, 1.165) is 12.1 Å². The largest absolute Gasteiger partial charge is 0.375 e. The molecule has 1 rings (SSSR count). The molecule has 0 aromatic heterocycles. The zero-order valence-corrected chi connectivity index (χ0v) is 10.6. The molecular formula is C11H10Cl2F4O. The van der Waals surface area contributed by atoms with Gasteiger partial charge >= 0.3 is 0 Å². The lowest BCUT2D eigenvalue weighted by Crippen LogP contribution is -2.07. The highest BCUT2D eigenvalue weighted by molar-refractivity contribution is 6.32. The van der Waals surface area contributed by atoms with Crippen molar-refractivity contribution in [1.82, 2.24) is 0 Å². The van der Waals surface area contributed by atoms with Crippen molar-refractivity contribution in [2.45, 2.75) is 18.2 Å². The molecule has 0 saturated heterocycles. The SMILES string of the molecule is Fc1cc(Cl)c(C(Cl)CCOCC(F)F)cc1F. The number of benzene rings is 1. The molecule has 1 nitrogen and oxygen atoms in total. The van der Waals surface area contributed by atoms with Crippen LogP contribution in [0.3, 0.4) is 0 Å². The van der Waals surface area contributed by atoms with Gasteiger partial charge in [-0.25, -0.2) is 17.6 Å². The number of hydrogen-bond acceptors (Lipinski definition) is 1. The van der Waals surface area contributed by atoms with Gasteiger partial charge in [0.15, 0.2) is 11.6 Å². The first-order valence-corrected chi connectivity index (χ1v) is 5.87. The summed E-state index contributed by atoms with van der Waals surface area (Å²) in [5, 5.41) is -0.743. The summed E-state index contributed by atoms with van der Waals surface area (Å²) in [7, 11) is 0. The molecule has 0 aliphatic heterocycles. The van der Waals surface area contributed by atoms with Crippen molar-refractivity contribution < 1.29 is 22.3 Å². The highest BCUT2D eigenvalue weighted by atomic mass is 35.5. The van der Waals surface area contributed by atoms with Crippen molar-refractivity contribution in [2.75, 3.05) is 13.2 Å². The van der Waals surface area contributed by atoms with Gasteiger partial charge in [-0.05, 0) is 24.1 Å². The van der Waals surface area contributed by atoms with E-state index < -0.39 is 30.0 Å². The van der Waals surface area contributed by atoms with E-state index in [9.17, 15) is 17.6 Å². The number of hydrogen-bond donors (Lipinski definition) is 0. The Bertz CT molecular complexity index is 401. The van der Waals surface area contributed by atoms with Gasteiger partial charge in [-0.3, -0.25) is 0 Å². The lowest BCUT2D eigenvalue weighted by atomic mass is 10.1. The molecule has 1 aromatic carbocycles. The minimum atomic E-state index is -2.55. The third-order valence-corrected chi connectivity index (χ3v) is 2.92. The predicted octanol–water partition coefficient (Wildman–Crippen LogP) is 4.57. The van der Waals surface area contributed by atoms with Crippen LogP contribution in [0.2, 0.25) is 5.02 Å². The lowest BCUT2D eigenvalue weighted by molar-refractivity contribution is 0.0165. The van der Waals surface area contributed by atoms with Gasteiger partial charge in [0.1, 0.15) is 6.61 Å². The number of halogens is 6. The Morgan fingerprint density at radius 2 is 1.78 bits per heavy atom. The van der Waals surface area contributed by atoms with E-state index >= 15 is 0 Å². The molecule has 0 spiro atoms. The van der Waals surface area contributed by atoms with E-state index in [1.807, 2.05) is 0 Å². The molecule has 1 aromatic rings.